The lowest BCUT2D eigenvalue weighted by Gasteiger charge is -2.24. The van der Waals surface area contributed by atoms with E-state index in [9.17, 15) is 13.6 Å². The van der Waals surface area contributed by atoms with Gasteiger partial charge in [-0.05, 0) is 30.5 Å². The van der Waals surface area contributed by atoms with E-state index in [1.54, 1.807) is 0 Å². The minimum atomic E-state index is -0.698. The zero-order valence-corrected chi connectivity index (χ0v) is 11.3. The molecule has 1 aromatic carbocycles. The maximum absolute atomic E-state index is 13.4. The van der Waals surface area contributed by atoms with E-state index < -0.39 is 17.5 Å². The number of nitrogens with one attached hydrogen (secondary N) is 1. The van der Waals surface area contributed by atoms with Gasteiger partial charge < -0.3 is 11.1 Å². The number of amides is 1. The number of rotatable bonds is 6. The number of carbonyl (C=O) groups is 1. The van der Waals surface area contributed by atoms with Gasteiger partial charge in [-0.1, -0.05) is 19.9 Å². The number of hydrogen-bond acceptors (Lipinski definition) is 2. The molecule has 0 aromatic heterocycles. The van der Waals surface area contributed by atoms with Crippen molar-refractivity contribution < 1.29 is 13.6 Å². The molecule has 0 saturated carbocycles. The van der Waals surface area contributed by atoms with Crippen LogP contribution in [0.4, 0.5) is 8.78 Å². The zero-order valence-electron chi connectivity index (χ0n) is 11.3. The summed E-state index contributed by atoms with van der Waals surface area (Å²) in [6.45, 7) is 4.91. The van der Waals surface area contributed by atoms with Gasteiger partial charge in [-0.2, -0.15) is 0 Å². The number of hydrogen-bond donors (Lipinski definition) is 2. The molecule has 0 unspecified atom stereocenters. The fourth-order valence-corrected chi connectivity index (χ4v) is 1.74. The number of benzene rings is 1. The van der Waals surface area contributed by atoms with Gasteiger partial charge in [0.05, 0.1) is 6.42 Å². The first-order chi connectivity index (χ1) is 8.85. The van der Waals surface area contributed by atoms with Crippen LogP contribution in [0.3, 0.4) is 0 Å². The first-order valence-corrected chi connectivity index (χ1v) is 6.25. The Balaban J connectivity index is 2.57. The fraction of sp³-hybridized carbons (Fsp3) is 0.500. The molecule has 0 atom stereocenters. The third kappa shape index (κ3) is 4.95. The third-order valence-corrected chi connectivity index (χ3v) is 2.98. The molecule has 5 heteroatoms. The van der Waals surface area contributed by atoms with E-state index in [4.69, 9.17) is 5.73 Å². The van der Waals surface area contributed by atoms with E-state index in [2.05, 4.69) is 5.32 Å². The monoisotopic (exact) mass is 270 g/mol. The minimum absolute atomic E-state index is 0.127. The predicted octanol–water partition coefficient (Wildman–Crippen LogP) is 2.00. The molecule has 19 heavy (non-hydrogen) atoms. The number of halogens is 2. The van der Waals surface area contributed by atoms with Crippen molar-refractivity contribution in [2.45, 2.75) is 26.7 Å². The van der Waals surface area contributed by atoms with Crippen LogP contribution in [0.5, 0.6) is 0 Å². The highest BCUT2D eigenvalue weighted by atomic mass is 19.1. The minimum Gasteiger partial charge on any atom is -0.355 e. The molecule has 1 amide bonds. The average Bonchev–Trinajstić information content (AvgIpc) is 2.32. The highest BCUT2D eigenvalue weighted by Crippen LogP contribution is 2.18. The smallest absolute Gasteiger partial charge is 0.224 e. The number of nitrogens with two attached hydrogens (primary N) is 1. The molecule has 3 N–H and O–H groups in total. The lowest BCUT2D eigenvalue weighted by Crippen LogP contribution is -2.36. The van der Waals surface area contributed by atoms with Crippen molar-refractivity contribution in [3.63, 3.8) is 0 Å². The lowest BCUT2D eigenvalue weighted by atomic mass is 9.89. The molecule has 0 aliphatic heterocycles. The second-order valence-electron chi connectivity index (χ2n) is 5.36. The summed E-state index contributed by atoms with van der Waals surface area (Å²) in [5.74, 6) is -1.79. The van der Waals surface area contributed by atoms with Crippen molar-refractivity contribution in [2.24, 2.45) is 11.1 Å². The summed E-state index contributed by atoms with van der Waals surface area (Å²) < 4.78 is 26.7. The van der Waals surface area contributed by atoms with Gasteiger partial charge in [0.2, 0.25) is 5.91 Å². The zero-order chi connectivity index (χ0) is 14.5. The van der Waals surface area contributed by atoms with E-state index in [1.807, 2.05) is 13.8 Å². The molecule has 106 valence electrons. The van der Waals surface area contributed by atoms with E-state index >= 15 is 0 Å². The quantitative estimate of drug-likeness (QED) is 0.830. The van der Waals surface area contributed by atoms with Crippen molar-refractivity contribution in [3.8, 4) is 0 Å². The Kier molecular flexibility index (Phi) is 5.42. The highest BCUT2D eigenvalue weighted by Gasteiger charge is 2.19. The first-order valence-electron chi connectivity index (χ1n) is 6.25. The molecule has 1 aromatic rings. The van der Waals surface area contributed by atoms with Gasteiger partial charge in [0, 0.05) is 12.1 Å². The second-order valence-corrected chi connectivity index (χ2v) is 5.36. The standard InChI is InChI=1S/C14H20F2N2O/c1-14(2,6-7-17)9-18-13(19)8-10-11(15)4-3-5-12(10)16/h3-5H,6-9,17H2,1-2H3,(H,18,19). The Morgan fingerprint density at radius 3 is 2.42 bits per heavy atom. The Labute approximate surface area is 112 Å². The molecule has 0 heterocycles. The summed E-state index contributed by atoms with van der Waals surface area (Å²) in [6.07, 6.45) is 0.471. The molecule has 3 nitrogen and oxygen atoms in total. The van der Waals surface area contributed by atoms with Gasteiger partial charge >= 0.3 is 0 Å². The molecule has 0 bridgehead atoms. The summed E-state index contributed by atoms with van der Waals surface area (Å²) >= 11 is 0. The largest absolute Gasteiger partial charge is 0.355 e. The van der Waals surface area contributed by atoms with Crippen molar-refractivity contribution in [3.05, 3.63) is 35.4 Å². The van der Waals surface area contributed by atoms with Gasteiger partial charge in [0.15, 0.2) is 0 Å². The molecule has 0 aliphatic rings. The van der Waals surface area contributed by atoms with Crippen LogP contribution >= 0.6 is 0 Å². The normalized spacial score (nSPS) is 11.4. The Hall–Kier alpha value is -1.49. The summed E-state index contributed by atoms with van der Waals surface area (Å²) in [4.78, 5) is 11.7. The summed E-state index contributed by atoms with van der Waals surface area (Å²) in [5.41, 5.74) is 5.15. The molecule has 0 aliphatic carbocycles. The van der Waals surface area contributed by atoms with Crippen LogP contribution in [0.2, 0.25) is 0 Å². The molecule has 0 spiro atoms. The van der Waals surface area contributed by atoms with Crippen LogP contribution in [-0.2, 0) is 11.2 Å². The summed E-state index contributed by atoms with van der Waals surface area (Å²) in [6, 6.07) is 3.56. The Morgan fingerprint density at radius 2 is 1.89 bits per heavy atom. The van der Waals surface area contributed by atoms with Crippen LogP contribution in [0.25, 0.3) is 0 Å². The van der Waals surface area contributed by atoms with E-state index in [-0.39, 0.29) is 17.4 Å². The SMILES string of the molecule is CC(C)(CCN)CNC(=O)Cc1c(F)cccc1F. The maximum atomic E-state index is 13.4. The highest BCUT2D eigenvalue weighted by molar-refractivity contribution is 5.78. The van der Waals surface area contributed by atoms with E-state index in [0.29, 0.717) is 13.1 Å². The van der Waals surface area contributed by atoms with Crippen molar-refractivity contribution in [2.75, 3.05) is 13.1 Å². The Morgan fingerprint density at radius 1 is 1.32 bits per heavy atom. The molecule has 0 fully saturated rings. The van der Waals surface area contributed by atoms with Crippen LogP contribution < -0.4 is 11.1 Å². The van der Waals surface area contributed by atoms with Gasteiger partial charge in [-0.15, -0.1) is 0 Å². The molecular weight excluding hydrogens is 250 g/mol. The van der Waals surface area contributed by atoms with E-state index in [0.717, 1.165) is 18.6 Å². The average molecular weight is 270 g/mol. The van der Waals surface area contributed by atoms with E-state index in [1.165, 1.54) is 6.07 Å². The number of carbonyl (C=O) groups excluding carboxylic acids is 1. The molecule has 0 saturated heterocycles. The lowest BCUT2D eigenvalue weighted by molar-refractivity contribution is -0.121. The summed E-state index contributed by atoms with van der Waals surface area (Å²) in [5, 5.41) is 2.68. The van der Waals surface area contributed by atoms with Gasteiger partial charge in [0.1, 0.15) is 11.6 Å². The fourth-order valence-electron chi connectivity index (χ4n) is 1.74. The van der Waals surface area contributed by atoms with Crippen LogP contribution in [0.1, 0.15) is 25.8 Å². The van der Waals surface area contributed by atoms with Crippen LogP contribution in [-0.4, -0.2) is 19.0 Å². The van der Waals surface area contributed by atoms with Crippen molar-refractivity contribution >= 4 is 5.91 Å². The topological polar surface area (TPSA) is 55.1 Å². The second kappa shape index (κ2) is 6.61. The Bertz CT molecular complexity index is 427. The van der Waals surface area contributed by atoms with Gasteiger partial charge in [0.25, 0.3) is 0 Å². The van der Waals surface area contributed by atoms with Crippen LogP contribution in [0, 0.1) is 17.0 Å². The predicted molar refractivity (Wildman–Crippen MR) is 70.5 cm³/mol. The first kappa shape index (κ1) is 15.6. The van der Waals surface area contributed by atoms with Gasteiger partial charge in [-0.25, -0.2) is 8.78 Å². The van der Waals surface area contributed by atoms with Crippen molar-refractivity contribution in [1.82, 2.24) is 5.32 Å². The maximum Gasteiger partial charge on any atom is 0.224 e. The van der Waals surface area contributed by atoms with Crippen molar-refractivity contribution in [1.29, 1.82) is 0 Å². The molecular formula is C14H20F2N2O. The summed E-state index contributed by atoms with van der Waals surface area (Å²) in [7, 11) is 0. The molecule has 1 rings (SSSR count). The third-order valence-electron chi connectivity index (χ3n) is 2.98. The van der Waals surface area contributed by atoms with Gasteiger partial charge in [-0.3, -0.25) is 4.79 Å². The molecule has 0 radical (unpaired) electrons. The van der Waals surface area contributed by atoms with Crippen LogP contribution in [0.15, 0.2) is 18.2 Å².